The fourth-order valence-electron chi connectivity index (χ4n) is 2.28. The molecule has 0 amide bonds. The molecule has 21 heavy (non-hydrogen) atoms. The minimum atomic E-state index is 1.24. The van der Waals surface area contributed by atoms with Crippen molar-refractivity contribution in [2.75, 3.05) is 0 Å². The highest BCUT2D eigenvalue weighted by Gasteiger charge is 2.04. The predicted molar refractivity (Wildman–Crippen MR) is 95.9 cm³/mol. The minimum Gasteiger partial charge on any atom is -0.134 e. The van der Waals surface area contributed by atoms with Crippen LogP contribution in [-0.2, 0) is 0 Å². The smallest absolute Gasteiger partial charge is 0.0449 e. The van der Waals surface area contributed by atoms with Gasteiger partial charge in [0.05, 0.1) is 0 Å². The SMILES string of the molecule is C1#SC(=c2ccc(-c3cc[c]s3)cc2=C2C=CC#S2)C=C1. The molecule has 0 nitrogen and oxygen atoms in total. The van der Waals surface area contributed by atoms with E-state index in [0.717, 1.165) is 0 Å². The second-order valence-corrected chi connectivity index (χ2v) is 7.15. The van der Waals surface area contributed by atoms with Gasteiger partial charge in [0, 0.05) is 30.5 Å². The molecule has 99 valence electrons. The molecule has 2 aliphatic rings. The molecule has 1 radical (unpaired) electrons. The van der Waals surface area contributed by atoms with Crippen LogP contribution >= 0.6 is 33.7 Å². The summed E-state index contributed by atoms with van der Waals surface area (Å²) in [6, 6.07) is 10.8. The molecule has 0 unspecified atom stereocenters. The van der Waals surface area contributed by atoms with Gasteiger partial charge in [-0.25, -0.2) is 0 Å². The lowest BCUT2D eigenvalue weighted by Gasteiger charge is -2.01. The van der Waals surface area contributed by atoms with Gasteiger partial charge in [0.1, 0.15) is 0 Å². The zero-order valence-electron chi connectivity index (χ0n) is 10.9. The van der Waals surface area contributed by atoms with Gasteiger partial charge in [0.15, 0.2) is 0 Å². The summed E-state index contributed by atoms with van der Waals surface area (Å²) in [5.41, 5.74) is 1.24. The fourth-order valence-corrected chi connectivity index (χ4v) is 4.29. The maximum atomic E-state index is 3.19. The molecule has 0 atom stereocenters. The van der Waals surface area contributed by atoms with Crippen LogP contribution in [0.5, 0.6) is 0 Å². The number of allylic oxidation sites excluding steroid dienone is 2. The molecule has 4 rings (SSSR count). The highest BCUT2D eigenvalue weighted by atomic mass is 32.1. The third kappa shape index (κ3) is 2.43. The molecule has 1 aromatic heterocycles. The Bertz CT molecular complexity index is 1030. The van der Waals surface area contributed by atoms with E-state index in [2.05, 4.69) is 52.2 Å². The summed E-state index contributed by atoms with van der Waals surface area (Å²) in [5.74, 6) is 0. The van der Waals surface area contributed by atoms with E-state index in [9.17, 15) is 0 Å². The molecule has 3 heterocycles. The second kappa shape index (κ2) is 5.50. The van der Waals surface area contributed by atoms with Crippen molar-refractivity contribution in [3.05, 3.63) is 70.5 Å². The van der Waals surface area contributed by atoms with Gasteiger partial charge in [-0.15, -0.1) is 11.3 Å². The Morgan fingerprint density at radius 3 is 2.19 bits per heavy atom. The van der Waals surface area contributed by atoms with Crippen LogP contribution < -0.4 is 10.4 Å². The lowest BCUT2D eigenvalue weighted by molar-refractivity contribution is 1.51. The third-order valence-electron chi connectivity index (χ3n) is 3.25. The Balaban J connectivity index is 2.09. The topological polar surface area (TPSA) is 0 Å². The first-order valence-electron chi connectivity index (χ1n) is 6.44. The summed E-state index contributed by atoms with van der Waals surface area (Å²) < 4.78 is 0. The Labute approximate surface area is 134 Å². The van der Waals surface area contributed by atoms with Crippen molar-refractivity contribution >= 4 is 43.5 Å². The van der Waals surface area contributed by atoms with Gasteiger partial charge in [-0.2, -0.15) is 0 Å². The quantitative estimate of drug-likeness (QED) is 0.746. The van der Waals surface area contributed by atoms with Crippen molar-refractivity contribution in [3.8, 4) is 20.8 Å². The van der Waals surface area contributed by atoms with Crippen molar-refractivity contribution in [3.63, 3.8) is 0 Å². The maximum Gasteiger partial charge on any atom is 0.0449 e. The van der Waals surface area contributed by atoms with Crippen LogP contribution in [0.1, 0.15) is 0 Å². The van der Waals surface area contributed by atoms with Gasteiger partial charge in [0.2, 0.25) is 0 Å². The van der Waals surface area contributed by atoms with Crippen molar-refractivity contribution in [2.45, 2.75) is 0 Å². The standard InChI is InChI=1S/C18H9S3/c1-4-16(19-9-1)13-7-8-14(17-5-2-10-20-17)15(12-13)18-6-3-11-21-18/h1-8,12H. The molecule has 0 N–H and O–H groups in total. The first-order chi connectivity index (χ1) is 10.4. The first-order valence-corrected chi connectivity index (χ1v) is 8.89. The zero-order valence-corrected chi connectivity index (χ0v) is 13.4. The van der Waals surface area contributed by atoms with Crippen LogP contribution in [0.15, 0.2) is 54.6 Å². The lowest BCUT2D eigenvalue weighted by atomic mass is 10.1. The van der Waals surface area contributed by atoms with E-state index in [1.165, 1.54) is 30.7 Å². The summed E-state index contributed by atoms with van der Waals surface area (Å²) >= 11 is 4.97. The van der Waals surface area contributed by atoms with Crippen molar-refractivity contribution < 1.29 is 0 Å². The van der Waals surface area contributed by atoms with Gasteiger partial charge >= 0.3 is 0 Å². The summed E-state index contributed by atoms with van der Waals surface area (Å²) in [6.07, 6.45) is 8.22. The molecule has 0 bridgehead atoms. The third-order valence-corrected chi connectivity index (χ3v) is 5.76. The number of thiophene rings is 1. The van der Waals surface area contributed by atoms with Crippen LogP contribution in [0.3, 0.4) is 0 Å². The Morgan fingerprint density at radius 1 is 0.810 bits per heavy atom. The summed E-state index contributed by atoms with van der Waals surface area (Å²) in [7, 11) is 0. The average molecular weight is 321 g/mol. The highest BCUT2D eigenvalue weighted by Crippen LogP contribution is 2.23. The van der Waals surface area contributed by atoms with E-state index in [4.69, 9.17) is 0 Å². The van der Waals surface area contributed by atoms with E-state index in [1.807, 2.05) is 18.2 Å². The molecule has 0 aliphatic carbocycles. The van der Waals surface area contributed by atoms with E-state index in [-0.39, 0.29) is 0 Å². The van der Waals surface area contributed by atoms with Gasteiger partial charge in [-0.1, -0.05) is 44.8 Å². The summed E-state index contributed by atoms with van der Waals surface area (Å²) in [5, 5.41) is 12.1. The molecule has 0 spiro atoms. The zero-order chi connectivity index (χ0) is 14.1. The Kier molecular flexibility index (Phi) is 3.36. The minimum absolute atomic E-state index is 1.24. The fraction of sp³-hybridized carbons (Fsp3) is 0. The molecule has 0 saturated heterocycles. The number of hydrogen-bond donors (Lipinski definition) is 0. The van der Waals surface area contributed by atoms with E-state index in [1.54, 1.807) is 33.7 Å². The van der Waals surface area contributed by atoms with Gasteiger partial charge in [0.25, 0.3) is 0 Å². The van der Waals surface area contributed by atoms with Crippen LogP contribution in [-0.4, -0.2) is 0 Å². The summed E-state index contributed by atoms with van der Waals surface area (Å²) in [6.45, 7) is 0. The Hall–Kier alpha value is -1.86. The van der Waals surface area contributed by atoms with Crippen LogP contribution in [0, 0.1) is 15.7 Å². The highest BCUT2D eigenvalue weighted by molar-refractivity contribution is 7.98. The first kappa shape index (κ1) is 12.8. The van der Waals surface area contributed by atoms with Gasteiger partial charge < -0.3 is 0 Å². The van der Waals surface area contributed by atoms with Crippen LogP contribution in [0.2, 0.25) is 0 Å². The molecule has 1 aromatic carbocycles. The molecule has 0 fully saturated rings. The number of benzene rings is 1. The predicted octanol–water partition coefficient (Wildman–Crippen LogP) is 3.96. The van der Waals surface area contributed by atoms with Gasteiger partial charge in [-0.05, 0) is 48.1 Å². The van der Waals surface area contributed by atoms with Gasteiger partial charge in [-0.3, -0.25) is 0 Å². The maximum absolute atomic E-state index is 3.19. The van der Waals surface area contributed by atoms with Crippen LogP contribution in [0.4, 0.5) is 0 Å². The van der Waals surface area contributed by atoms with Crippen LogP contribution in [0.25, 0.3) is 20.3 Å². The lowest BCUT2D eigenvalue weighted by Crippen LogP contribution is -2.26. The number of rotatable bonds is 1. The second-order valence-electron chi connectivity index (χ2n) is 4.51. The van der Waals surface area contributed by atoms with Crippen molar-refractivity contribution in [1.29, 1.82) is 0 Å². The monoisotopic (exact) mass is 321 g/mol. The molecule has 2 aliphatic heterocycles. The molecular weight excluding hydrogens is 312 g/mol. The average Bonchev–Trinajstić information content (AvgIpc) is 3.28. The molecule has 3 heteroatoms. The number of hydrogen-bond acceptors (Lipinski definition) is 1. The van der Waals surface area contributed by atoms with E-state index < -0.39 is 0 Å². The van der Waals surface area contributed by atoms with E-state index in [0.29, 0.717) is 0 Å². The summed E-state index contributed by atoms with van der Waals surface area (Å²) in [4.78, 5) is 3.75. The Morgan fingerprint density at radius 2 is 1.57 bits per heavy atom. The normalized spacial score (nSPS) is 20.0. The van der Waals surface area contributed by atoms with Crippen molar-refractivity contribution in [1.82, 2.24) is 0 Å². The largest absolute Gasteiger partial charge is 0.134 e. The van der Waals surface area contributed by atoms with E-state index >= 15 is 0 Å². The molecular formula is C18H9S3. The molecule has 0 saturated carbocycles. The molecule has 2 aromatic rings. The van der Waals surface area contributed by atoms with Crippen molar-refractivity contribution in [2.24, 2.45) is 0 Å².